The lowest BCUT2D eigenvalue weighted by Crippen LogP contribution is -2.48. The molecular formula is C12H22N2O. The number of nitrogens with one attached hydrogen (secondary N) is 1. The molecule has 3 heteroatoms. The van der Waals surface area contributed by atoms with E-state index in [1.807, 2.05) is 7.05 Å². The average molecular weight is 210 g/mol. The zero-order chi connectivity index (χ0) is 11.1. The minimum atomic E-state index is -0.424. The molecule has 0 saturated heterocycles. The second-order valence-electron chi connectivity index (χ2n) is 4.37. The number of ether oxygens (including phenoxy) is 1. The number of hydrogen-bond acceptors (Lipinski definition) is 3. The second-order valence-corrected chi connectivity index (χ2v) is 4.37. The molecule has 15 heavy (non-hydrogen) atoms. The van der Waals surface area contributed by atoms with Gasteiger partial charge in [0.1, 0.15) is 5.54 Å². The molecule has 0 heterocycles. The summed E-state index contributed by atoms with van der Waals surface area (Å²) in [7, 11) is 1.86. The Hall–Kier alpha value is -0.590. The molecule has 1 rings (SSSR count). The molecule has 0 amide bonds. The van der Waals surface area contributed by atoms with Gasteiger partial charge in [-0.25, -0.2) is 0 Å². The Bertz CT molecular complexity index is 220. The van der Waals surface area contributed by atoms with Gasteiger partial charge < -0.3 is 10.1 Å². The van der Waals surface area contributed by atoms with Crippen molar-refractivity contribution in [3.8, 4) is 6.07 Å². The van der Waals surface area contributed by atoms with Gasteiger partial charge in [0.05, 0.1) is 12.7 Å². The quantitative estimate of drug-likeness (QED) is 0.624. The lowest BCUT2D eigenvalue weighted by atomic mass is 9.96. The molecule has 1 atom stereocenters. The molecule has 1 aliphatic carbocycles. The van der Waals surface area contributed by atoms with E-state index in [0.29, 0.717) is 12.5 Å². The first-order valence-corrected chi connectivity index (χ1v) is 5.97. The summed E-state index contributed by atoms with van der Waals surface area (Å²) in [5.41, 5.74) is -0.424. The van der Waals surface area contributed by atoms with Crippen LogP contribution in [0.2, 0.25) is 0 Å². The topological polar surface area (TPSA) is 45.0 Å². The molecule has 3 nitrogen and oxygen atoms in total. The molecule has 1 unspecified atom stereocenters. The summed E-state index contributed by atoms with van der Waals surface area (Å²) in [6, 6.07) is 2.38. The number of hydrogen-bond donors (Lipinski definition) is 1. The summed E-state index contributed by atoms with van der Waals surface area (Å²) in [6.07, 6.45) is 5.84. The van der Waals surface area contributed by atoms with Crippen molar-refractivity contribution in [3.05, 3.63) is 0 Å². The molecule has 1 saturated carbocycles. The Morgan fingerprint density at radius 1 is 1.47 bits per heavy atom. The monoisotopic (exact) mass is 210 g/mol. The minimum Gasteiger partial charge on any atom is -0.378 e. The van der Waals surface area contributed by atoms with Crippen LogP contribution in [0.4, 0.5) is 0 Å². The Kier molecular flexibility index (Phi) is 5.07. The molecule has 1 fully saturated rings. The van der Waals surface area contributed by atoms with E-state index in [0.717, 1.165) is 25.9 Å². The number of likely N-dealkylation sites (N-methyl/N-ethyl adjacent to an activating group) is 1. The van der Waals surface area contributed by atoms with Crippen LogP contribution in [0.5, 0.6) is 0 Å². The molecule has 1 aliphatic rings. The van der Waals surface area contributed by atoms with Gasteiger partial charge in [0.15, 0.2) is 0 Å². The molecule has 0 aliphatic heterocycles. The summed E-state index contributed by atoms with van der Waals surface area (Å²) < 4.78 is 5.60. The van der Waals surface area contributed by atoms with E-state index in [2.05, 4.69) is 18.3 Å². The minimum absolute atomic E-state index is 0.424. The molecule has 0 bridgehead atoms. The first kappa shape index (κ1) is 12.5. The standard InChI is InChI=1S/C12H22N2O/c1-3-4-5-8-15-10-12(9-13,14-2)11-6-7-11/h11,14H,3-8,10H2,1-2H3. The van der Waals surface area contributed by atoms with Crippen LogP contribution in [0.1, 0.15) is 39.0 Å². The van der Waals surface area contributed by atoms with Crippen LogP contribution in [-0.4, -0.2) is 25.8 Å². The highest BCUT2D eigenvalue weighted by Gasteiger charge is 2.44. The second kappa shape index (κ2) is 6.09. The fourth-order valence-corrected chi connectivity index (χ4v) is 1.84. The van der Waals surface area contributed by atoms with E-state index < -0.39 is 5.54 Å². The number of nitrogens with zero attached hydrogens (tertiary/aromatic N) is 1. The number of rotatable bonds is 8. The molecule has 1 N–H and O–H groups in total. The highest BCUT2D eigenvalue weighted by molar-refractivity contribution is 5.14. The summed E-state index contributed by atoms with van der Waals surface area (Å²) in [4.78, 5) is 0. The van der Waals surface area contributed by atoms with E-state index in [1.54, 1.807) is 0 Å². The maximum Gasteiger partial charge on any atom is 0.132 e. The molecule has 0 radical (unpaired) electrons. The van der Waals surface area contributed by atoms with E-state index in [4.69, 9.17) is 4.74 Å². The largest absolute Gasteiger partial charge is 0.378 e. The summed E-state index contributed by atoms with van der Waals surface area (Å²) >= 11 is 0. The summed E-state index contributed by atoms with van der Waals surface area (Å²) in [6.45, 7) is 3.50. The number of nitriles is 1. The van der Waals surface area contributed by atoms with Crippen LogP contribution in [0, 0.1) is 17.2 Å². The third-order valence-electron chi connectivity index (χ3n) is 3.14. The van der Waals surface area contributed by atoms with Gasteiger partial charge in [0.25, 0.3) is 0 Å². The first-order valence-electron chi connectivity index (χ1n) is 5.97. The molecule has 0 aromatic heterocycles. The third kappa shape index (κ3) is 3.48. The van der Waals surface area contributed by atoms with Crippen LogP contribution < -0.4 is 5.32 Å². The van der Waals surface area contributed by atoms with Crippen molar-refractivity contribution in [1.29, 1.82) is 5.26 Å². The lowest BCUT2D eigenvalue weighted by Gasteiger charge is -2.25. The molecule has 0 aromatic rings. The Morgan fingerprint density at radius 3 is 2.67 bits per heavy atom. The van der Waals surface area contributed by atoms with Crippen molar-refractivity contribution in [2.45, 2.75) is 44.6 Å². The van der Waals surface area contributed by atoms with Crippen LogP contribution in [0.3, 0.4) is 0 Å². The zero-order valence-electron chi connectivity index (χ0n) is 9.88. The van der Waals surface area contributed by atoms with Gasteiger partial charge in [-0.3, -0.25) is 0 Å². The molecule has 0 aromatic carbocycles. The number of unbranched alkanes of at least 4 members (excludes halogenated alkanes) is 2. The Balaban J connectivity index is 2.23. The van der Waals surface area contributed by atoms with Gasteiger partial charge in [0.2, 0.25) is 0 Å². The van der Waals surface area contributed by atoms with E-state index >= 15 is 0 Å². The maximum absolute atomic E-state index is 9.20. The van der Waals surface area contributed by atoms with Gasteiger partial charge in [-0.2, -0.15) is 5.26 Å². The Morgan fingerprint density at radius 2 is 2.20 bits per heavy atom. The van der Waals surface area contributed by atoms with E-state index in [1.165, 1.54) is 12.8 Å². The van der Waals surface area contributed by atoms with Gasteiger partial charge in [-0.1, -0.05) is 19.8 Å². The fraction of sp³-hybridized carbons (Fsp3) is 0.917. The maximum atomic E-state index is 9.20. The van der Waals surface area contributed by atoms with Crippen molar-refractivity contribution in [2.75, 3.05) is 20.3 Å². The van der Waals surface area contributed by atoms with Crippen LogP contribution in [0.15, 0.2) is 0 Å². The highest BCUT2D eigenvalue weighted by Crippen LogP contribution is 2.39. The van der Waals surface area contributed by atoms with Gasteiger partial charge in [-0.05, 0) is 32.2 Å². The van der Waals surface area contributed by atoms with Crippen molar-refractivity contribution >= 4 is 0 Å². The SMILES string of the molecule is CCCCCOCC(C#N)(NC)C1CC1. The Labute approximate surface area is 92.8 Å². The molecular weight excluding hydrogens is 188 g/mol. The zero-order valence-corrected chi connectivity index (χ0v) is 9.88. The molecule has 86 valence electrons. The first-order chi connectivity index (χ1) is 7.29. The predicted molar refractivity (Wildman–Crippen MR) is 60.5 cm³/mol. The van der Waals surface area contributed by atoms with E-state index in [9.17, 15) is 5.26 Å². The van der Waals surface area contributed by atoms with Crippen LogP contribution in [0.25, 0.3) is 0 Å². The highest BCUT2D eigenvalue weighted by atomic mass is 16.5. The normalized spacial score (nSPS) is 19.5. The average Bonchev–Trinajstić information content (AvgIpc) is 3.08. The molecule has 0 spiro atoms. The van der Waals surface area contributed by atoms with Crippen molar-refractivity contribution < 1.29 is 4.74 Å². The smallest absolute Gasteiger partial charge is 0.132 e. The summed E-state index contributed by atoms with van der Waals surface area (Å²) in [5, 5.41) is 12.3. The van der Waals surface area contributed by atoms with E-state index in [-0.39, 0.29) is 0 Å². The van der Waals surface area contributed by atoms with Crippen molar-refractivity contribution in [1.82, 2.24) is 5.32 Å². The third-order valence-corrected chi connectivity index (χ3v) is 3.14. The lowest BCUT2D eigenvalue weighted by molar-refractivity contribution is 0.0814. The van der Waals surface area contributed by atoms with Crippen LogP contribution >= 0.6 is 0 Å². The van der Waals surface area contributed by atoms with Crippen molar-refractivity contribution in [2.24, 2.45) is 5.92 Å². The van der Waals surface area contributed by atoms with Crippen LogP contribution in [-0.2, 0) is 4.74 Å². The van der Waals surface area contributed by atoms with Gasteiger partial charge in [0, 0.05) is 6.61 Å². The van der Waals surface area contributed by atoms with Gasteiger partial charge >= 0.3 is 0 Å². The van der Waals surface area contributed by atoms with Gasteiger partial charge in [-0.15, -0.1) is 0 Å². The fourth-order valence-electron chi connectivity index (χ4n) is 1.84. The summed E-state index contributed by atoms with van der Waals surface area (Å²) in [5.74, 6) is 0.499. The predicted octanol–water partition coefficient (Wildman–Crippen LogP) is 2.08. The van der Waals surface area contributed by atoms with Crippen molar-refractivity contribution in [3.63, 3.8) is 0 Å².